The van der Waals surface area contributed by atoms with Crippen molar-refractivity contribution in [3.05, 3.63) is 0 Å². The van der Waals surface area contributed by atoms with Crippen LogP contribution in [0.3, 0.4) is 0 Å². The molecule has 0 bridgehead atoms. The Hall–Kier alpha value is -0.530. The van der Waals surface area contributed by atoms with Gasteiger partial charge >= 0.3 is 0 Å². The van der Waals surface area contributed by atoms with Crippen LogP contribution in [0.4, 0.5) is 0 Å². The van der Waals surface area contributed by atoms with E-state index in [0.717, 1.165) is 18.8 Å². The summed E-state index contributed by atoms with van der Waals surface area (Å²) in [6.45, 7) is 8.64. The minimum absolute atomic E-state index is 0.162. The Labute approximate surface area is 93.8 Å². The Bertz CT molecular complexity index is 215. The van der Waals surface area contributed by atoms with Crippen molar-refractivity contribution >= 4 is 5.91 Å². The summed E-state index contributed by atoms with van der Waals surface area (Å²) in [5, 5.41) is 3.21. The van der Waals surface area contributed by atoms with Crippen molar-refractivity contribution in [2.45, 2.75) is 59.4 Å². The number of nitrogens with one attached hydrogen (secondary N) is 1. The van der Waals surface area contributed by atoms with Crippen LogP contribution in [-0.4, -0.2) is 11.9 Å². The van der Waals surface area contributed by atoms with Crippen molar-refractivity contribution < 1.29 is 4.79 Å². The minimum Gasteiger partial charge on any atom is -0.353 e. The maximum Gasteiger partial charge on any atom is 0.223 e. The van der Waals surface area contributed by atoms with E-state index in [-0.39, 0.29) is 11.8 Å². The van der Waals surface area contributed by atoms with Crippen LogP contribution in [-0.2, 0) is 4.79 Å². The number of hydrogen-bond donors (Lipinski definition) is 1. The van der Waals surface area contributed by atoms with Crippen molar-refractivity contribution in [2.75, 3.05) is 0 Å². The van der Waals surface area contributed by atoms with E-state index < -0.39 is 0 Å². The predicted molar refractivity (Wildman–Crippen MR) is 63.6 cm³/mol. The Kier molecular flexibility index (Phi) is 4.62. The van der Waals surface area contributed by atoms with Gasteiger partial charge in [0.25, 0.3) is 0 Å². The number of rotatable bonds is 3. The van der Waals surface area contributed by atoms with Gasteiger partial charge in [0.2, 0.25) is 5.91 Å². The molecule has 4 atom stereocenters. The van der Waals surface area contributed by atoms with E-state index in [4.69, 9.17) is 0 Å². The molecule has 1 N–H and O–H groups in total. The second-order valence-electron chi connectivity index (χ2n) is 5.19. The smallest absolute Gasteiger partial charge is 0.223 e. The minimum atomic E-state index is 0.162. The Morgan fingerprint density at radius 3 is 2.67 bits per heavy atom. The molecule has 0 aromatic heterocycles. The van der Waals surface area contributed by atoms with E-state index in [1.165, 1.54) is 12.8 Å². The molecule has 0 aliphatic heterocycles. The van der Waals surface area contributed by atoms with Gasteiger partial charge in [-0.2, -0.15) is 0 Å². The normalized spacial score (nSPS) is 33.5. The zero-order valence-electron chi connectivity index (χ0n) is 10.5. The molecular formula is C13H25NO. The molecule has 88 valence electrons. The Balaban J connectivity index is 2.46. The fourth-order valence-electron chi connectivity index (χ4n) is 2.30. The molecule has 0 saturated heterocycles. The van der Waals surface area contributed by atoms with E-state index in [1.54, 1.807) is 0 Å². The highest BCUT2D eigenvalue weighted by molar-refractivity contribution is 5.78. The molecule has 1 saturated carbocycles. The number of carbonyl (C=O) groups excluding carboxylic acids is 1. The summed E-state index contributed by atoms with van der Waals surface area (Å²) >= 11 is 0. The van der Waals surface area contributed by atoms with Crippen molar-refractivity contribution in [3.8, 4) is 0 Å². The van der Waals surface area contributed by atoms with E-state index in [1.807, 2.05) is 6.92 Å². The SMILES string of the molecule is CCC(C)C(=O)NC1CCCC(C)C1C. The molecule has 0 heterocycles. The van der Waals surface area contributed by atoms with Gasteiger partial charge in [0.15, 0.2) is 0 Å². The largest absolute Gasteiger partial charge is 0.353 e. The molecule has 1 amide bonds. The van der Waals surface area contributed by atoms with Crippen LogP contribution in [0.2, 0.25) is 0 Å². The molecule has 4 unspecified atom stereocenters. The molecule has 2 heteroatoms. The zero-order chi connectivity index (χ0) is 11.4. The van der Waals surface area contributed by atoms with Crippen LogP contribution in [0, 0.1) is 17.8 Å². The van der Waals surface area contributed by atoms with Crippen LogP contribution in [0.25, 0.3) is 0 Å². The molecule has 0 radical (unpaired) electrons. The molecular weight excluding hydrogens is 186 g/mol. The molecule has 1 rings (SSSR count). The molecule has 0 aromatic rings. The highest BCUT2D eigenvalue weighted by atomic mass is 16.1. The highest BCUT2D eigenvalue weighted by Gasteiger charge is 2.28. The number of amides is 1. The fraction of sp³-hybridized carbons (Fsp3) is 0.923. The summed E-state index contributed by atoms with van der Waals surface area (Å²) in [5.74, 6) is 1.78. The standard InChI is InChI=1S/C13H25NO/c1-5-9(2)13(15)14-12-8-6-7-10(3)11(12)4/h9-12H,5-8H2,1-4H3,(H,14,15). The summed E-state index contributed by atoms with van der Waals surface area (Å²) < 4.78 is 0. The predicted octanol–water partition coefficient (Wildman–Crippen LogP) is 2.97. The van der Waals surface area contributed by atoms with E-state index in [0.29, 0.717) is 12.0 Å². The first kappa shape index (κ1) is 12.5. The third-order valence-corrected chi connectivity index (χ3v) is 4.09. The second kappa shape index (κ2) is 5.53. The molecule has 0 aromatic carbocycles. The highest BCUT2D eigenvalue weighted by Crippen LogP contribution is 2.29. The first-order valence-corrected chi connectivity index (χ1v) is 6.36. The van der Waals surface area contributed by atoms with E-state index >= 15 is 0 Å². The zero-order valence-corrected chi connectivity index (χ0v) is 10.5. The van der Waals surface area contributed by atoms with Gasteiger partial charge in [0.05, 0.1) is 0 Å². The summed E-state index contributed by atoms with van der Waals surface area (Å²) in [6.07, 6.45) is 4.67. The van der Waals surface area contributed by atoms with Crippen molar-refractivity contribution in [1.29, 1.82) is 0 Å². The number of hydrogen-bond acceptors (Lipinski definition) is 1. The van der Waals surface area contributed by atoms with E-state index in [2.05, 4.69) is 26.1 Å². The van der Waals surface area contributed by atoms with Crippen molar-refractivity contribution in [3.63, 3.8) is 0 Å². The first-order valence-electron chi connectivity index (χ1n) is 6.36. The van der Waals surface area contributed by atoms with Gasteiger partial charge in [-0.05, 0) is 24.7 Å². The summed E-state index contributed by atoms with van der Waals surface area (Å²) in [6, 6.07) is 0.412. The Morgan fingerprint density at radius 2 is 2.07 bits per heavy atom. The van der Waals surface area contributed by atoms with Crippen LogP contribution >= 0.6 is 0 Å². The van der Waals surface area contributed by atoms with Gasteiger partial charge in [-0.1, -0.05) is 40.5 Å². The third kappa shape index (κ3) is 3.22. The molecule has 1 aliphatic carbocycles. The van der Waals surface area contributed by atoms with Crippen LogP contribution < -0.4 is 5.32 Å². The Morgan fingerprint density at radius 1 is 1.40 bits per heavy atom. The van der Waals surface area contributed by atoms with Gasteiger partial charge in [-0.15, -0.1) is 0 Å². The lowest BCUT2D eigenvalue weighted by Crippen LogP contribution is -2.45. The quantitative estimate of drug-likeness (QED) is 0.764. The molecule has 1 aliphatic rings. The maximum absolute atomic E-state index is 11.8. The van der Waals surface area contributed by atoms with Gasteiger partial charge in [0.1, 0.15) is 0 Å². The van der Waals surface area contributed by atoms with E-state index in [9.17, 15) is 4.79 Å². The van der Waals surface area contributed by atoms with Crippen LogP contribution in [0.5, 0.6) is 0 Å². The van der Waals surface area contributed by atoms with Gasteiger partial charge in [-0.25, -0.2) is 0 Å². The average molecular weight is 211 g/mol. The fourth-order valence-corrected chi connectivity index (χ4v) is 2.30. The maximum atomic E-state index is 11.8. The van der Waals surface area contributed by atoms with Crippen molar-refractivity contribution in [2.24, 2.45) is 17.8 Å². The molecule has 0 spiro atoms. The first-order chi connectivity index (χ1) is 7.06. The monoisotopic (exact) mass is 211 g/mol. The van der Waals surface area contributed by atoms with Crippen LogP contribution in [0.1, 0.15) is 53.4 Å². The van der Waals surface area contributed by atoms with Crippen LogP contribution in [0.15, 0.2) is 0 Å². The molecule has 2 nitrogen and oxygen atoms in total. The molecule has 15 heavy (non-hydrogen) atoms. The summed E-state index contributed by atoms with van der Waals surface area (Å²) in [7, 11) is 0. The number of carbonyl (C=O) groups is 1. The third-order valence-electron chi connectivity index (χ3n) is 4.09. The van der Waals surface area contributed by atoms with Gasteiger partial charge < -0.3 is 5.32 Å². The lowest BCUT2D eigenvalue weighted by Gasteiger charge is -2.35. The lowest BCUT2D eigenvalue weighted by molar-refractivity contribution is -0.126. The summed E-state index contributed by atoms with van der Waals surface area (Å²) in [5.41, 5.74) is 0. The second-order valence-corrected chi connectivity index (χ2v) is 5.19. The average Bonchev–Trinajstić information content (AvgIpc) is 2.23. The topological polar surface area (TPSA) is 29.1 Å². The molecule has 1 fully saturated rings. The summed E-state index contributed by atoms with van der Waals surface area (Å²) in [4.78, 5) is 11.8. The van der Waals surface area contributed by atoms with Gasteiger partial charge in [-0.3, -0.25) is 4.79 Å². The lowest BCUT2D eigenvalue weighted by atomic mass is 9.78. The van der Waals surface area contributed by atoms with Gasteiger partial charge in [0, 0.05) is 12.0 Å². The van der Waals surface area contributed by atoms with Crippen molar-refractivity contribution in [1.82, 2.24) is 5.32 Å².